The molecule has 1 N–H and O–H groups in total. The first-order valence-corrected chi connectivity index (χ1v) is 11.5. The molecule has 0 aliphatic carbocycles. The average Bonchev–Trinajstić information content (AvgIpc) is 2.84. The van der Waals surface area contributed by atoms with Crippen LogP contribution in [0.2, 0.25) is 0 Å². The summed E-state index contributed by atoms with van der Waals surface area (Å²) in [4.78, 5) is 11.8. The SMILES string of the molecule is CCCC(=O)NCCC[N+](C)(CCc1ccc(OC)c(OC)c1)c1ccc(OC)c(OC)c1. The van der Waals surface area contributed by atoms with E-state index in [0.29, 0.717) is 28.9 Å². The molecular weight excluding hydrogens is 420 g/mol. The molecule has 0 aliphatic rings. The van der Waals surface area contributed by atoms with E-state index >= 15 is 0 Å². The van der Waals surface area contributed by atoms with Gasteiger partial charge in [0, 0.05) is 37.9 Å². The van der Waals surface area contributed by atoms with Gasteiger partial charge in [-0.3, -0.25) is 9.28 Å². The monoisotopic (exact) mass is 459 g/mol. The highest BCUT2D eigenvalue weighted by atomic mass is 16.5. The first-order chi connectivity index (χ1) is 15.9. The Balaban J connectivity index is 2.22. The van der Waals surface area contributed by atoms with Crippen molar-refractivity contribution in [2.45, 2.75) is 32.6 Å². The first kappa shape index (κ1) is 26.3. The van der Waals surface area contributed by atoms with Crippen LogP contribution >= 0.6 is 0 Å². The molecule has 0 saturated heterocycles. The van der Waals surface area contributed by atoms with Crippen LogP contribution in [0.1, 0.15) is 31.7 Å². The van der Waals surface area contributed by atoms with E-state index in [1.807, 2.05) is 31.2 Å². The third-order valence-electron chi connectivity index (χ3n) is 5.96. The number of nitrogens with zero attached hydrogens (tertiary/aromatic N) is 1. The zero-order valence-corrected chi connectivity index (χ0v) is 20.9. The number of likely N-dealkylation sites (N-methyl/N-ethyl adjacent to an activating group) is 1. The zero-order valence-electron chi connectivity index (χ0n) is 20.9. The first-order valence-electron chi connectivity index (χ1n) is 11.5. The van der Waals surface area contributed by atoms with Crippen molar-refractivity contribution in [2.75, 3.05) is 55.1 Å². The van der Waals surface area contributed by atoms with Gasteiger partial charge in [-0.15, -0.1) is 0 Å². The molecule has 33 heavy (non-hydrogen) atoms. The maximum absolute atomic E-state index is 11.8. The lowest BCUT2D eigenvalue weighted by molar-refractivity contribution is -0.121. The van der Waals surface area contributed by atoms with Gasteiger partial charge in [-0.2, -0.15) is 0 Å². The number of benzene rings is 2. The molecule has 0 heterocycles. The van der Waals surface area contributed by atoms with E-state index in [1.54, 1.807) is 28.4 Å². The summed E-state index contributed by atoms with van der Waals surface area (Å²) in [6.07, 6.45) is 3.15. The molecule has 0 saturated carbocycles. The predicted molar refractivity (Wildman–Crippen MR) is 133 cm³/mol. The van der Waals surface area contributed by atoms with Crippen molar-refractivity contribution >= 4 is 11.6 Å². The van der Waals surface area contributed by atoms with Crippen LogP contribution in [-0.2, 0) is 11.2 Å². The van der Waals surface area contributed by atoms with Crippen LogP contribution in [0.25, 0.3) is 0 Å². The molecule has 0 bridgehead atoms. The summed E-state index contributed by atoms with van der Waals surface area (Å²) < 4.78 is 22.5. The molecule has 1 unspecified atom stereocenters. The Labute approximate surface area is 198 Å². The number of nitrogens with one attached hydrogen (secondary N) is 1. The van der Waals surface area contributed by atoms with Crippen LogP contribution in [0.3, 0.4) is 0 Å². The van der Waals surface area contributed by atoms with Crippen molar-refractivity contribution < 1.29 is 23.7 Å². The Hall–Kier alpha value is -2.93. The van der Waals surface area contributed by atoms with Crippen molar-refractivity contribution in [3.8, 4) is 23.0 Å². The normalized spacial score (nSPS) is 12.5. The topological polar surface area (TPSA) is 66.0 Å². The summed E-state index contributed by atoms with van der Waals surface area (Å²) in [6.45, 7) is 4.41. The number of carbonyl (C=O) groups excluding carboxylic acids is 1. The second-order valence-corrected chi connectivity index (χ2v) is 8.28. The molecule has 7 nitrogen and oxygen atoms in total. The number of methoxy groups -OCH3 is 4. The second-order valence-electron chi connectivity index (χ2n) is 8.28. The predicted octanol–water partition coefficient (Wildman–Crippen LogP) is 4.21. The largest absolute Gasteiger partial charge is 0.493 e. The van der Waals surface area contributed by atoms with Crippen LogP contribution in [0.15, 0.2) is 36.4 Å². The van der Waals surface area contributed by atoms with Crippen LogP contribution in [0, 0.1) is 0 Å². The zero-order chi connectivity index (χ0) is 24.3. The van der Waals surface area contributed by atoms with Crippen molar-refractivity contribution in [3.63, 3.8) is 0 Å². The molecule has 0 aliphatic heterocycles. The molecule has 1 amide bonds. The summed E-state index contributed by atoms with van der Waals surface area (Å²) in [6, 6.07) is 12.1. The maximum Gasteiger partial charge on any atom is 0.219 e. The number of hydrogen-bond acceptors (Lipinski definition) is 5. The van der Waals surface area contributed by atoms with Crippen molar-refractivity contribution in [3.05, 3.63) is 42.0 Å². The number of amides is 1. The minimum Gasteiger partial charge on any atom is -0.493 e. The van der Waals surface area contributed by atoms with Crippen molar-refractivity contribution in [1.82, 2.24) is 9.80 Å². The molecule has 0 radical (unpaired) electrons. The molecule has 1 atom stereocenters. The Bertz CT molecular complexity index is 902. The fraction of sp³-hybridized carbons (Fsp3) is 0.500. The smallest absolute Gasteiger partial charge is 0.219 e. The molecule has 0 spiro atoms. The van der Waals surface area contributed by atoms with Crippen LogP contribution in [-0.4, -0.2) is 61.0 Å². The van der Waals surface area contributed by atoms with Gasteiger partial charge in [0.2, 0.25) is 5.91 Å². The molecule has 0 aromatic heterocycles. The van der Waals surface area contributed by atoms with Gasteiger partial charge in [-0.25, -0.2) is 0 Å². The van der Waals surface area contributed by atoms with Gasteiger partial charge in [-0.05, 0) is 30.2 Å². The van der Waals surface area contributed by atoms with Gasteiger partial charge >= 0.3 is 0 Å². The summed E-state index contributed by atoms with van der Waals surface area (Å²) in [5, 5.41) is 3.03. The average molecular weight is 460 g/mol. The van der Waals surface area contributed by atoms with E-state index in [9.17, 15) is 4.79 Å². The maximum atomic E-state index is 11.8. The summed E-state index contributed by atoms with van der Waals surface area (Å²) in [5.41, 5.74) is 2.31. The van der Waals surface area contributed by atoms with Crippen LogP contribution < -0.4 is 28.7 Å². The van der Waals surface area contributed by atoms with Gasteiger partial charge in [0.05, 0.1) is 48.6 Å². The quantitative estimate of drug-likeness (QED) is 0.339. The highest BCUT2D eigenvalue weighted by Gasteiger charge is 2.26. The third-order valence-corrected chi connectivity index (χ3v) is 5.96. The highest BCUT2D eigenvalue weighted by Crippen LogP contribution is 2.34. The summed E-state index contributed by atoms with van der Waals surface area (Å²) in [7, 11) is 8.80. The number of rotatable bonds is 14. The molecule has 2 aromatic carbocycles. The molecule has 0 fully saturated rings. The van der Waals surface area contributed by atoms with Crippen LogP contribution in [0.5, 0.6) is 23.0 Å². The van der Waals surface area contributed by atoms with Crippen molar-refractivity contribution in [2.24, 2.45) is 0 Å². The van der Waals surface area contributed by atoms with E-state index in [-0.39, 0.29) is 5.91 Å². The standard InChI is InChI=1S/C26H38N2O5/c1-7-9-26(29)27-15-8-16-28(2,21-11-13-23(31-4)25(19-21)33-6)17-14-20-10-12-22(30-3)24(18-20)32-5/h10-13,18-19H,7-9,14-17H2,1-6H3/p+1. The number of hydrogen-bond donors (Lipinski definition) is 1. The van der Waals surface area contributed by atoms with E-state index in [0.717, 1.165) is 49.5 Å². The minimum atomic E-state index is 0.114. The fourth-order valence-electron chi connectivity index (χ4n) is 3.91. The number of ether oxygens (including phenoxy) is 4. The van der Waals surface area contributed by atoms with Gasteiger partial charge in [0.25, 0.3) is 0 Å². The van der Waals surface area contributed by atoms with E-state index in [4.69, 9.17) is 18.9 Å². The Kier molecular flexibility index (Phi) is 10.3. The summed E-state index contributed by atoms with van der Waals surface area (Å²) >= 11 is 0. The highest BCUT2D eigenvalue weighted by molar-refractivity contribution is 5.75. The van der Waals surface area contributed by atoms with E-state index in [1.165, 1.54) is 5.56 Å². The molecule has 7 heteroatoms. The molecule has 2 aromatic rings. The van der Waals surface area contributed by atoms with E-state index in [2.05, 4.69) is 24.5 Å². The Morgan fingerprint density at radius 3 is 2.06 bits per heavy atom. The number of carbonyl (C=O) groups is 1. The lowest BCUT2D eigenvalue weighted by atomic mass is 10.1. The van der Waals surface area contributed by atoms with E-state index < -0.39 is 0 Å². The Morgan fingerprint density at radius 2 is 1.45 bits per heavy atom. The van der Waals surface area contributed by atoms with Gasteiger partial charge in [0.15, 0.2) is 23.0 Å². The van der Waals surface area contributed by atoms with Gasteiger partial charge < -0.3 is 24.3 Å². The van der Waals surface area contributed by atoms with Crippen molar-refractivity contribution in [1.29, 1.82) is 0 Å². The van der Waals surface area contributed by atoms with Gasteiger partial charge in [0.1, 0.15) is 5.69 Å². The third kappa shape index (κ3) is 7.29. The van der Waals surface area contributed by atoms with Gasteiger partial charge in [-0.1, -0.05) is 13.0 Å². The Morgan fingerprint density at radius 1 is 0.848 bits per heavy atom. The minimum absolute atomic E-state index is 0.114. The van der Waals surface area contributed by atoms with Crippen LogP contribution in [0.4, 0.5) is 5.69 Å². The lowest BCUT2D eigenvalue weighted by Gasteiger charge is -2.35. The number of quaternary nitrogens is 1. The lowest BCUT2D eigenvalue weighted by Crippen LogP contribution is -2.48. The fourth-order valence-corrected chi connectivity index (χ4v) is 3.91. The molecule has 182 valence electrons. The summed E-state index contributed by atoms with van der Waals surface area (Å²) in [5.74, 6) is 2.99. The second kappa shape index (κ2) is 12.9. The molecular formula is C26H39N2O5+. The molecule has 2 rings (SSSR count).